The van der Waals surface area contributed by atoms with Gasteiger partial charge in [-0.25, -0.2) is 4.68 Å². The van der Waals surface area contributed by atoms with E-state index in [0.29, 0.717) is 11.6 Å². The van der Waals surface area contributed by atoms with Gasteiger partial charge in [0.25, 0.3) is 0 Å². The largest absolute Gasteiger partial charge is 0.493 e. The Labute approximate surface area is 135 Å². The minimum Gasteiger partial charge on any atom is -0.493 e. The number of hydrogen-bond donors (Lipinski definition) is 0. The maximum absolute atomic E-state index is 6.24. The molecule has 2 heterocycles. The number of hydrogen-bond acceptors (Lipinski definition) is 3. The highest BCUT2D eigenvalue weighted by molar-refractivity contribution is 6.32. The van der Waals surface area contributed by atoms with Crippen molar-refractivity contribution in [1.29, 1.82) is 0 Å². The van der Waals surface area contributed by atoms with E-state index >= 15 is 0 Å². The van der Waals surface area contributed by atoms with Gasteiger partial charge < -0.3 is 9.64 Å². The van der Waals surface area contributed by atoms with Gasteiger partial charge in [-0.2, -0.15) is 5.10 Å². The summed E-state index contributed by atoms with van der Waals surface area (Å²) < 4.78 is 7.53. The van der Waals surface area contributed by atoms with Gasteiger partial charge in [0.15, 0.2) is 0 Å². The SMILES string of the molecule is CCOC1=CCN(C)C=C1c1cnn(-c2ccccc2Cl)c1. The summed E-state index contributed by atoms with van der Waals surface area (Å²) in [5, 5.41) is 5.11. The molecule has 2 aromatic rings. The van der Waals surface area contributed by atoms with Gasteiger partial charge in [-0.15, -0.1) is 0 Å². The lowest BCUT2D eigenvalue weighted by Crippen LogP contribution is -2.17. The highest BCUT2D eigenvalue weighted by atomic mass is 35.5. The zero-order valence-electron chi connectivity index (χ0n) is 12.7. The fourth-order valence-corrected chi connectivity index (χ4v) is 2.64. The molecule has 0 bridgehead atoms. The molecule has 0 amide bonds. The second-order valence-corrected chi connectivity index (χ2v) is 5.52. The average Bonchev–Trinajstić information content (AvgIpc) is 2.99. The van der Waals surface area contributed by atoms with E-state index in [2.05, 4.69) is 22.3 Å². The molecule has 4 nitrogen and oxygen atoms in total. The lowest BCUT2D eigenvalue weighted by atomic mass is 10.1. The molecule has 0 fully saturated rings. The Balaban J connectivity index is 1.96. The molecule has 0 saturated heterocycles. The second kappa shape index (κ2) is 6.28. The molecular weight excluding hydrogens is 298 g/mol. The summed E-state index contributed by atoms with van der Waals surface area (Å²) >= 11 is 6.24. The van der Waals surface area contributed by atoms with E-state index in [9.17, 15) is 0 Å². The molecule has 0 atom stereocenters. The molecule has 0 spiro atoms. The molecule has 1 aromatic carbocycles. The van der Waals surface area contributed by atoms with Crippen LogP contribution in [0.3, 0.4) is 0 Å². The first-order valence-electron chi connectivity index (χ1n) is 7.24. The van der Waals surface area contributed by atoms with Gasteiger partial charge in [0.2, 0.25) is 0 Å². The number of para-hydroxylation sites is 1. The predicted molar refractivity (Wildman–Crippen MR) is 88.9 cm³/mol. The van der Waals surface area contributed by atoms with Crippen LogP contribution in [0.2, 0.25) is 5.02 Å². The van der Waals surface area contributed by atoms with Crippen LogP contribution in [-0.2, 0) is 4.74 Å². The first kappa shape index (κ1) is 14.7. The topological polar surface area (TPSA) is 30.3 Å². The molecule has 0 unspecified atom stereocenters. The lowest BCUT2D eigenvalue weighted by Gasteiger charge is -2.22. The second-order valence-electron chi connectivity index (χ2n) is 5.11. The molecule has 0 N–H and O–H groups in total. The van der Waals surface area contributed by atoms with Gasteiger partial charge in [-0.1, -0.05) is 23.7 Å². The van der Waals surface area contributed by atoms with Crippen molar-refractivity contribution in [2.45, 2.75) is 6.92 Å². The highest BCUT2D eigenvalue weighted by Crippen LogP contribution is 2.28. The van der Waals surface area contributed by atoms with Crippen molar-refractivity contribution < 1.29 is 4.74 Å². The van der Waals surface area contributed by atoms with Crippen LogP contribution >= 0.6 is 11.6 Å². The Morgan fingerprint density at radius 3 is 2.91 bits per heavy atom. The molecule has 22 heavy (non-hydrogen) atoms. The zero-order valence-corrected chi connectivity index (χ0v) is 13.4. The van der Waals surface area contributed by atoms with E-state index in [1.54, 1.807) is 4.68 Å². The van der Waals surface area contributed by atoms with Gasteiger partial charge in [0, 0.05) is 37.1 Å². The molecule has 0 saturated carbocycles. The van der Waals surface area contributed by atoms with Crippen molar-refractivity contribution in [3.05, 3.63) is 65.3 Å². The van der Waals surface area contributed by atoms with E-state index in [4.69, 9.17) is 16.3 Å². The van der Waals surface area contributed by atoms with Gasteiger partial charge >= 0.3 is 0 Å². The number of allylic oxidation sites excluding steroid dienone is 1. The van der Waals surface area contributed by atoms with Gasteiger partial charge in [0.1, 0.15) is 5.76 Å². The highest BCUT2D eigenvalue weighted by Gasteiger charge is 2.17. The summed E-state index contributed by atoms with van der Waals surface area (Å²) in [6, 6.07) is 7.66. The summed E-state index contributed by atoms with van der Waals surface area (Å²) in [6.07, 6.45) is 7.98. The summed E-state index contributed by atoms with van der Waals surface area (Å²) in [5.41, 5.74) is 2.90. The molecule has 5 heteroatoms. The van der Waals surface area contributed by atoms with Gasteiger partial charge in [-0.05, 0) is 25.1 Å². The third-order valence-corrected chi connectivity index (χ3v) is 3.79. The van der Waals surface area contributed by atoms with Crippen LogP contribution in [-0.4, -0.2) is 34.9 Å². The fraction of sp³-hybridized carbons (Fsp3) is 0.235. The van der Waals surface area contributed by atoms with E-state index in [0.717, 1.165) is 29.1 Å². The molecule has 1 aliphatic heterocycles. The van der Waals surface area contributed by atoms with Gasteiger partial charge in [0.05, 0.1) is 23.5 Å². The van der Waals surface area contributed by atoms with E-state index in [1.807, 2.05) is 50.6 Å². The van der Waals surface area contributed by atoms with Crippen LogP contribution < -0.4 is 0 Å². The van der Waals surface area contributed by atoms with Crippen LogP contribution in [0.4, 0.5) is 0 Å². The molecule has 1 aliphatic rings. The quantitative estimate of drug-likeness (QED) is 0.861. The minimum atomic E-state index is 0.644. The minimum absolute atomic E-state index is 0.644. The van der Waals surface area contributed by atoms with Crippen LogP contribution in [0, 0.1) is 0 Å². The maximum atomic E-state index is 6.24. The van der Waals surface area contributed by atoms with Crippen molar-refractivity contribution in [2.75, 3.05) is 20.2 Å². The Morgan fingerprint density at radius 2 is 2.14 bits per heavy atom. The molecule has 0 radical (unpaired) electrons. The normalized spacial score (nSPS) is 14.6. The summed E-state index contributed by atoms with van der Waals surface area (Å²) in [6.45, 7) is 3.48. The van der Waals surface area contributed by atoms with E-state index in [-0.39, 0.29) is 0 Å². The van der Waals surface area contributed by atoms with Crippen molar-refractivity contribution in [2.24, 2.45) is 0 Å². The van der Waals surface area contributed by atoms with Gasteiger partial charge in [-0.3, -0.25) is 0 Å². The van der Waals surface area contributed by atoms with Crippen LogP contribution in [0.15, 0.2) is 54.7 Å². The number of likely N-dealkylation sites (N-methyl/N-ethyl adjacent to an activating group) is 1. The van der Waals surface area contributed by atoms with E-state index < -0.39 is 0 Å². The Bertz CT molecular complexity index is 733. The smallest absolute Gasteiger partial charge is 0.126 e. The Kier molecular flexibility index (Phi) is 4.20. The summed E-state index contributed by atoms with van der Waals surface area (Å²) in [5.74, 6) is 0.902. The van der Waals surface area contributed by atoms with E-state index in [1.165, 1.54) is 0 Å². The zero-order chi connectivity index (χ0) is 15.5. The van der Waals surface area contributed by atoms with Crippen molar-refractivity contribution in [1.82, 2.24) is 14.7 Å². The van der Waals surface area contributed by atoms with Crippen LogP contribution in [0.1, 0.15) is 12.5 Å². The Morgan fingerprint density at radius 1 is 1.32 bits per heavy atom. The molecule has 114 valence electrons. The van der Waals surface area contributed by atoms with Crippen LogP contribution in [0.5, 0.6) is 0 Å². The summed E-state index contributed by atoms with van der Waals surface area (Å²) in [7, 11) is 2.04. The molecular formula is C17H18ClN3O. The third kappa shape index (κ3) is 2.88. The standard InChI is InChI=1S/C17H18ClN3O/c1-3-22-17-8-9-20(2)12-14(17)13-10-19-21(11-13)16-7-5-4-6-15(16)18/h4-8,10-12H,3,9H2,1-2H3. The van der Waals surface area contributed by atoms with Crippen molar-refractivity contribution >= 4 is 17.2 Å². The number of nitrogens with zero attached hydrogens (tertiary/aromatic N) is 3. The monoisotopic (exact) mass is 315 g/mol. The first-order chi connectivity index (χ1) is 10.7. The average molecular weight is 316 g/mol. The number of rotatable bonds is 4. The van der Waals surface area contributed by atoms with Crippen LogP contribution in [0.25, 0.3) is 11.3 Å². The predicted octanol–water partition coefficient (Wildman–Crippen LogP) is 3.73. The summed E-state index contributed by atoms with van der Waals surface area (Å²) in [4.78, 5) is 2.12. The molecule has 0 aliphatic carbocycles. The Hall–Kier alpha value is -2.20. The number of halogens is 1. The third-order valence-electron chi connectivity index (χ3n) is 3.47. The van der Waals surface area contributed by atoms with Crippen molar-refractivity contribution in [3.8, 4) is 5.69 Å². The maximum Gasteiger partial charge on any atom is 0.126 e. The number of ether oxygens (including phenoxy) is 1. The lowest BCUT2D eigenvalue weighted by molar-refractivity contribution is 0.240. The molecule has 3 rings (SSSR count). The number of benzene rings is 1. The first-order valence-corrected chi connectivity index (χ1v) is 7.62. The molecule has 1 aromatic heterocycles. The number of aromatic nitrogens is 2. The fourth-order valence-electron chi connectivity index (χ4n) is 2.41. The van der Waals surface area contributed by atoms with Crippen molar-refractivity contribution in [3.63, 3.8) is 0 Å².